The normalized spacial score (nSPS) is 23.5. The minimum Gasteiger partial charge on any atom is -0.396 e. The molecule has 2 N–H and O–H groups in total. The molecule has 0 unspecified atom stereocenters. The summed E-state index contributed by atoms with van der Waals surface area (Å²) in [6.07, 6.45) is 4.84. The lowest BCUT2D eigenvalue weighted by atomic mass is 9.87. The van der Waals surface area contributed by atoms with Gasteiger partial charge < -0.3 is 5.11 Å². The molecule has 0 amide bonds. The molecule has 0 radical (unpaired) electrons. The lowest BCUT2D eigenvalue weighted by molar-refractivity contribution is 0.180. The first-order chi connectivity index (χ1) is 9.98. The predicted octanol–water partition coefficient (Wildman–Crippen LogP) is 2.78. The molecule has 2 rings (SSSR count). The summed E-state index contributed by atoms with van der Waals surface area (Å²) < 4.78 is 26.7. The SMILES string of the molecule is O=S(=O)(/C=C/c1ccc(Cl)cc1)NC1CCC(CO)CC1. The van der Waals surface area contributed by atoms with Crippen LogP contribution in [0.3, 0.4) is 0 Å². The first kappa shape index (κ1) is 16.5. The van der Waals surface area contributed by atoms with E-state index in [1.807, 2.05) is 0 Å². The second-order valence-corrected chi connectivity index (χ2v) is 7.45. The van der Waals surface area contributed by atoms with Gasteiger partial charge in [-0.15, -0.1) is 0 Å². The van der Waals surface area contributed by atoms with Gasteiger partial charge in [0.25, 0.3) is 0 Å². The van der Waals surface area contributed by atoms with Gasteiger partial charge in [0.15, 0.2) is 0 Å². The van der Waals surface area contributed by atoms with Crippen LogP contribution in [0.5, 0.6) is 0 Å². The minimum absolute atomic E-state index is 0.0346. The van der Waals surface area contributed by atoms with Crippen molar-refractivity contribution in [2.75, 3.05) is 6.61 Å². The molecule has 1 aromatic rings. The Morgan fingerprint density at radius 1 is 1.19 bits per heavy atom. The Balaban J connectivity index is 1.91. The topological polar surface area (TPSA) is 66.4 Å². The maximum absolute atomic E-state index is 12.0. The van der Waals surface area contributed by atoms with Gasteiger partial charge in [-0.3, -0.25) is 0 Å². The van der Waals surface area contributed by atoms with Crippen LogP contribution >= 0.6 is 11.6 Å². The first-order valence-electron chi connectivity index (χ1n) is 7.05. The average Bonchev–Trinajstić information content (AvgIpc) is 2.47. The Kier molecular flexibility index (Phi) is 5.81. The lowest BCUT2D eigenvalue weighted by Gasteiger charge is -2.27. The van der Waals surface area contributed by atoms with E-state index in [1.54, 1.807) is 30.3 Å². The van der Waals surface area contributed by atoms with Crippen LogP contribution in [0.25, 0.3) is 6.08 Å². The van der Waals surface area contributed by atoms with E-state index in [-0.39, 0.29) is 12.6 Å². The van der Waals surface area contributed by atoms with Crippen molar-refractivity contribution in [2.24, 2.45) is 5.92 Å². The zero-order chi connectivity index (χ0) is 15.3. The number of aliphatic hydroxyl groups excluding tert-OH is 1. The number of benzene rings is 1. The molecule has 6 heteroatoms. The van der Waals surface area contributed by atoms with Gasteiger partial charge in [-0.1, -0.05) is 23.7 Å². The van der Waals surface area contributed by atoms with Crippen LogP contribution in [-0.2, 0) is 10.0 Å². The van der Waals surface area contributed by atoms with E-state index in [4.69, 9.17) is 16.7 Å². The molecular weight excluding hydrogens is 310 g/mol. The fourth-order valence-electron chi connectivity index (χ4n) is 2.48. The van der Waals surface area contributed by atoms with Crippen LogP contribution in [0.15, 0.2) is 29.7 Å². The fourth-order valence-corrected chi connectivity index (χ4v) is 3.72. The van der Waals surface area contributed by atoms with E-state index in [2.05, 4.69) is 4.72 Å². The summed E-state index contributed by atoms with van der Waals surface area (Å²) in [5.74, 6) is 0.315. The Labute approximate surface area is 130 Å². The molecule has 1 aromatic carbocycles. The number of sulfonamides is 1. The molecule has 1 fully saturated rings. The van der Waals surface area contributed by atoms with E-state index >= 15 is 0 Å². The van der Waals surface area contributed by atoms with Crippen molar-refractivity contribution in [3.8, 4) is 0 Å². The van der Waals surface area contributed by atoms with Gasteiger partial charge >= 0.3 is 0 Å². The van der Waals surface area contributed by atoms with Crippen molar-refractivity contribution < 1.29 is 13.5 Å². The van der Waals surface area contributed by atoms with Crippen molar-refractivity contribution in [3.63, 3.8) is 0 Å². The van der Waals surface area contributed by atoms with E-state index in [0.717, 1.165) is 31.2 Å². The van der Waals surface area contributed by atoms with Crippen molar-refractivity contribution in [1.82, 2.24) is 4.72 Å². The molecule has 0 saturated heterocycles. The van der Waals surface area contributed by atoms with Crippen LogP contribution < -0.4 is 4.72 Å². The molecule has 0 aromatic heterocycles. The quantitative estimate of drug-likeness (QED) is 0.873. The summed E-state index contributed by atoms with van der Waals surface area (Å²) in [6.45, 7) is 0.190. The maximum atomic E-state index is 12.0. The standard InChI is InChI=1S/C15H20ClNO3S/c16-14-5-1-12(2-6-14)9-10-21(19,20)17-15-7-3-13(11-18)4-8-15/h1-2,5-6,9-10,13,15,17-18H,3-4,7-8,11H2/b10-9+. The summed E-state index contributed by atoms with van der Waals surface area (Å²) in [6, 6.07) is 6.93. The van der Waals surface area contributed by atoms with E-state index in [9.17, 15) is 8.42 Å². The summed E-state index contributed by atoms with van der Waals surface area (Å²) in [7, 11) is -3.44. The number of hydrogen-bond acceptors (Lipinski definition) is 3. The molecule has 0 aliphatic heterocycles. The van der Waals surface area contributed by atoms with Gasteiger partial charge in [0.1, 0.15) is 0 Å². The third-order valence-electron chi connectivity index (χ3n) is 3.75. The Morgan fingerprint density at radius 3 is 2.38 bits per heavy atom. The molecule has 4 nitrogen and oxygen atoms in total. The van der Waals surface area contributed by atoms with Crippen molar-refractivity contribution in [2.45, 2.75) is 31.7 Å². The summed E-state index contributed by atoms with van der Waals surface area (Å²) in [5, 5.41) is 10.9. The number of rotatable bonds is 5. The van der Waals surface area contributed by atoms with Gasteiger partial charge in [-0.25, -0.2) is 13.1 Å². The van der Waals surface area contributed by atoms with Crippen molar-refractivity contribution >= 4 is 27.7 Å². The lowest BCUT2D eigenvalue weighted by Crippen LogP contribution is -2.37. The highest BCUT2D eigenvalue weighted by Gasteiger charge is 2.23. The number of nitrogens with one attached hydrogen (secondary N) is 1. The Morgan fingerprint density at radius 2 is 1.81 bits per heavy atom. The molecule has 1 aliphatic rings. The summed E-state index contributed by atoms with van der Waals surface area (Å²) in [5.41, 5.74) is 0.786. The third-order valence-corrected chi connectivity index (χ3v) is 5.15. The van der Waals surface area contributed by atoms with Crippen molar-refractivity contribution in [3.05, 3.63) is 40.3 Å². The van der Waals surface area contributed by atoms with Gasteiger partial charge in [0.2, 0.25) is 10.0 Å². The minimum atomic E-state index is -3.44. The maximum Gasteiger partial charge on any atom is 0.233 e. The third kappa shape index (κ3) is 5.43. The fraction of sp³-hybridized carbons (Fsp3) is 0.467. The molecule has 21 heavy (non-hydrogen) atoms. The first-order valence-corrected chi connectivity index (χ1v) is 8.98. The van der Waals surface area contributed by atoms with Crippen molar-refractivity contribution in [1.29, 1.82) is 0 Å². The zero-order valence-corrected chi connectivity index (χ0v) is 13.3. The molecule has 1 saturated carbocycles. The molecule has 116 valence electrons. The molecule has 0 spiro atoms. The smallest absolute Gasteiger partial charge is 0.233 e. The van der Waals surface area contributed by atoms with Gasteiger partial charge in [-0.2, -0.15) is 0 Å². The number of hydrogen-bond donors (Lipinski definition) is 2. The average molecular weight is 330 g/mol. The van der Waals surface area contributed by atoms with Gasteiger partial charge in [-0.05, 0) is 55.4 Å². The van der Waals surface area contributed by atoms with E-state index in [0.29, 0.717) is 10.9 Å². The Bertz CT molecular complexity index is 575. The molecule has 0 bridgehead atoms. The Hall–Kier alpha value is -0.880. The monoisotopic (exact) mass is 329 g/mol. The zero-order valence-electron chi connectivity index (χ0n) is 11.7. The van der Waals surface area contributed by atoms with E-state index < -0.39 is 10.0 Å². The van der Waals surface area contributed by atoms with Crippen LogP contribution in [-0.4, -0.2) is 26.2 Å². The summed E-state index contributed by atoms with van der Waals surface area (Å²) in [4.78, 5) is 0. The van der Waals surface area contributed by atoms with E-state index in [1.165, 1.54) is 5.41 Å². The van der Waals surface area contributed by atoms with Gasteiger partial charge in [0.05, 0.1) is 0 Å². The predicted molar refractivity (Wildman–Crippen MR) is 85.4 cm³/mol. The second-order valence-electron chi connectivity index (χ2n) is 5.42. The molecular formula is C15H20ClNO3S. The van der Waals surface area contributed by atoms with Crippen LogP contribution in [0, 0.1) is 5.92 Å². The number of halogens is 1. The molecule has 0 heterocycles. The molecule has 1 aliphatic carbocycles. The number of aliphatic hydroxyl groups is 1. The van der Waals surface area contributed by atoms with Gasteiger partial charge in [0, 0.05) is 23.1 Å². The summed E-state index contributed by atoms with van der Waals surface area (Å²) >= 11 is 5.78. The van der Waals surface area contributed by atoms with Crippen LogP contribution in [0.4, 0.5) is 0 Å². The highest BCUT2D eigenvalue weighted by Crippen LogP contribution is 2.24. The highest BCUT2D eigenvalue weighted by molar-refractivity contribution is 7.92. The highest BCUT2D eigenvalue weighted by atomic mass is 35.5. The second kappa shape index (κ2) is 7.40. The molecule has 0 atom stereocenters. The van der Waals surface area contributed by atoms with Crippen LogP contribution in [0.2, 0.25) is 5.02 Å². The largest absolute Gasteiger partial charge is 0.396 e. The van der Waals surface area contributed by atoms with Crippen LogP contribution in [0.1, 0.15) is 31.2 Å².